The van der Waals surface area contributed by atoms with E-state index in [1.165, 1.54) is 23.2 Å². The Balaban J connectivity index is 1.40. The summed E-state index contributed by atoms with van der Waals surface area (Å²) in [7, 11) is 0. The van der Waals surface area contributed by atoms with E-state index < -0.39 is 0 Å². The van der Waals surface area contributed by atoms with Crippen LogP contribution in [0.25, 0.3) is 10.9 Å². The fourth-order valence-corrected chi connectivity index (χ4v) is 5.76. The Morgan fingerprint density at radius 3 is 2.67 bits per heavy atom. The van der Waals surface area contributed by atoms with E-state index in [1.54, 1.807) is 11.3 Å². The Labute approximate surface area is 162 Å². The molecule has 0 spiro atoms. The molecular weight excluding hydrogens is 356 g/mol. The summed E-state index contributed by atoms with van der Waals surface area (Å²) in [6.07, 6.45) is 7.05. The van der Waals surface area contributed by atoms with Crippen molar-refractivity contribution in [3.8, 4) is 0 Å². The van der Waals surface area contributed by atoms with E-state index in [-0.39, 0.29) is 5.91 Å². The molecule has 4 heterocycles. The van der Waals surface area contributed by atoms with Gasteiger partial charge in [-0.05, 0) is 56.2 Å². The number of nitrogens with zero attached hydrogens (tertiary/aromatic N) is 3. The zero-order valence-corrected chi connectivity index (χ0v) is 16.3. The average molecular weight is 381 g/mol. The number of hydrogen-bond acceptors (Lipinski definition) is 4. The molecule has 2 saturated heterocycles. The van der Waals surface area contributed by atoms with E-state index in [4.69, 9.17) is 5.73 Å². The molecule has 2 N–H and O–H groups in total. The second-order valence-corrected chi connectivity index (χ2v) is 8.87. The Bertz CT molecular complexity index is 993. The third-order valence-corrected chi connectivity index (χ3v) is 7.20. The van der Waals surface area contributed by atoms with Crippen LogP contribution >= 0.6 is 11.3 Å². The number of aromatic nitrogens is 2. The lowest BCUT2D eigenvalue weighted by molar-refractivity contribution is 0.0996. The fraction of sp³-hybridized carbons (Fsp3) is 0.429. The number of rotatable bonds is 4. The molecular formula is C21H24N4OS. The minimum Gasteiger partial charge on any atom is -0.366 e. The first-order valence-electron chi connectivity index (χ1n) is 9.65. The van der Waals surface area contributed by atoms with Crippen molar-refractivity contribution >= 4 is 28.1 Å². The number of benzene rings is 1. The molecule has 0 aliphatic carbocycles. The maximum absolute atomic E-state index is 11.6. The quantitative estimate of drug-likeness (QED) is 0.747. The van der Waals surface area contributed by atoms with Gasteiger partial charge < -0.3 is 10.3 Å². The zero-order valence-electron chi connectivity index (χ0n) is 15.5. The Morgan fingerprint density at radius 2 is 2.00 bits per heavy atom. The summed E-state index contributed by atoms with van der Waals surface area (Å²) in [6, 6.07) is 9.64. The van der Waals surface area contributed by atoms with Gasteiger partial charge in [0.25, 0.3) is 0 Å². The molecule has 2 aliphatic heterocycles. The van der Waals surface area contributed by atoms with Crippen LogP contribution in [-0.2, 0) is 6.54 Å². The SMILES string of the molecule is Cc1csc(CN2[C@@H]3CC[C@H]2CC(n2ccc4ccc(C(N)=O)cc42)C3)n1. The molecule has 1 aromatic carbocycles. The van der Waals surface area contributed by atoms with Gasteiger partial charge in [0.1, 0.15) is 5.01 Å². The molecule has 27 heavy (non-hydrogen) atoms. The summed E-state index contributed by atoms with van der Waals surface area (Å²) in [5.41, 5.74) is 8.33. The molecule has 1 unspecified atom stereocenters. The molecule has 0 radical (unpaired) electrons. The monoisotopic (exact) mass is 380 g/mol. The van der Waals surface area contributed by atoms with Crippen LogP contribution in [0.15, 0.2) is 35.8 Å². The van der Waals surface area contributed by atoms with Crippen molar-refractivity contribution in [3.05, 3.63) is 52.1 Å². The molecule has 3 atom stereocenters. The van der Waals surface area contributed by atoms with Crippen LogP contribution < -0.4 is 5.73 Å². The van der Waals surface area contributed by atoms with Crippen LogP contribution in [0.3, 0.4) is 0 Å². The number of hydrogen-bond donors (Lipinski definition) is 1. The first-order valence-corrected chi connectivity index (χ1v) is 10.5. The highest BCUT2D eigenvalue weighted by Crippen LogP contribution is 2.42. The second-order valence-electron chi connectivity index (χ2n) is 7.93. The fourth-order valence-electron chi connectivity index (χ4n) is 4.98. The van der Waals surface area contributed by atoms with Crippen molar-refractivity contribution in [1.29, 1.82) is 0 Å². The van der Waals surface area contributed by atoms with Crippen LogP contribution in [-0.4, -0.2) is 32.4 Å². The summed E-state index contributed by atoms with van der Waals surface area (Å²) in [5.74, 6) is -0.363. The highest BCUT2D eigenvalue weighted by Gasteiger charge is 2.41. The number of aryl methyl sites for hydroxylation is 1. The minimum absolute atomic E-state index is 0.363. The third-order valence-electron chi connectivity index (χ3n) is 6.25. The van der Waals surface area contributed by atoms with Crippen LogP contribution in [0.2, 0.25) is 0 Å². The Morgan fingerprint density at radius 1 is 1.22 bits per heavy atom. The topological polar surface area (TPSA) is 64.2 Å². The van der Waals surface area contributed by atoms with E-state index in [0.717, 1.165) is 30.6 Å². The molecule has 0 saturated carbocycles. The molecule has 2 fully saturated rings. The summed E-state index contributed by atoms with van der Waals surface area (Å²) < 4.78 is 2.37. The van der Waals surface area contributed by atoms with E-state index in [1.807, 2.05) is 18.2 Å². The number of carbonyl (C=O) groups is 1. The Hall–Kier alpha value is -2.18. The van der Waals surface area contributed by atoms with Gasteiger partial charge in [0.2, 0.25) is 5.91 Å². The van der Waals surface area contributed by atoms with Crippen LogP contribution in [0, 0.1) is 6.92 Å². The number of fused-ring (bicyclic) bond motifs is 3. The van der Waals surface area contributed by atoms with Gasteiger partial charge in [-0.3, -0.25) is 9.69 Å². The summed E-state index contributed by atoms with van der Waals surface area (Å²) in [5, 5.41) is 4.56. The van der Waals surface area contributed by atoms with Gasteiger partial charge in [-0.2, -0.15) is 0 Å². The lowest BCUT2D eigenvalue weighted by Gasteiger charge is -2.39. The summed E-state index contributed by atoms with van der Waals surface area (Å²) in [6.45, 7) is 3.05. The van der Waals surface area contributed by atoms with Gasteiger partial charge in [0, 0.05) is 46.5 Å². The third kappa shape index (κ3) is 2.97. The van der Waals surface area contributed by atoms with Crippen molar-refractivity contribution in [1.82, 2.24) is 14.5 Å². The predicted molar refractivity (Wildman–Crippen MR) is 108 cm³/mol. The number of primary amides is 1. The van der Waals surface area contributed by atoms with Crippen LogP contribution in [0.5, 0.6) is 0 Å². The smallest absolute Gasteiger partial charge is 0.248 e. The van der Waals surface area contributed by atoms with E-state index in [0.29, 0.717) is 23.7 Å². The van der Waals surface area contributed by atoms with Crippen molar-refractivity contribution in [2.24, 2.45) is 5.73 Å². The molecule has 5 rings (SSSR count). The van der Waals surface area contributed by atoms with Crippen molar-refractivity contribution < 1.29 is 4.79 Å². The highest BCUT2D eigenvalue weighted by molar-refractivity contribution is 7.09. The van der Waals surface area contributed by atoms with Crippen LogP contribution in [0.1, 0.15) is 52.8 Å². The molecule has 5 nitrogen and oxygen atoms in total. The first-order chi connectivity index (χ1) is 13.1. The van der Waals surface area contributed by atoms with Crippen molar-refractivity contribution in [2.45, 2.75) is 57.3 Å². The van der Waals surface area contributed by atoms with Gasteiger partial charge in [-0.15, -0.1) is 11.3 Å². The van der Waals surface area contributed by atoms with Gasteiger partial charge in [-0.1, -0.05) is 6.07 Å². The number of thiazole rings is 1. The standard InChI is InChI=1S/C21H24N4OS/c1-13-12-27-20(23-13)11-25-16-4-5-17(25)10-18(9-16)24-7-6-14-2-3-15(21(22)26)8-19(14)24/h2-3,6-8,12,16-18H,4-5,9-11H2,1H3,(H2,22,26)/t16-,17+,18?. The average Bonchev–Trinajstić information content (AvgIpc) is 3.31. The Kier molecular flexibility index (Phi) is 4.06. The number of amides is 1. The molecule has 2 bridgehead atoms. The molecule has 2 aromatic heterocycles. The second kappa shape index (κ2) is 6.46. The normalized spacial score (nSPS) is 25.3. The van der Waals surface area contributed by atoms with Crippen molar-refractivity contribution in [2.75, 3.05) is 0 Å². The molecule has 140 valence electrons. The zero-order chi connectivity index (χ0) is 18.5. The summed E-state index contributed by atoms with van der Waals surface area (Å²) >= 11 is 1.78. The molecule has 2 aliphatic rings. The van der Waals surface area contributed by atoms with Gasteiger partial charge in [0.05, 0.1) is 6.54 Å². The maximum Gasteiger partial charge on any atom is 0.248 e. The van der Waals surface area contributed by atoms with Gasteiger partial charge in [0.15, 0.2) is 0 Å². The minimum atomic E-state index is -0.363. The van der Waals surface area contributed by atoms with Crippen LogP contribution in [0.4, 0.5) is 0 Å². The molecule has 1 amide bonds. The number of nitrogens with two attached hydrogens (primary N) is 1. The number of piperidine rings is 1. The largest absolute Gasteiger partial charge is 0.366 e. The maximum atomic E-state index is 11.6. The molecule has 3 aromatic rings. The van der Waals surface area contributed by atoms with E-state index in [9.17, 15) is 4.79 Å². The predicted octanol–water partition coefficient (Wildman–Crippen LogP) is 3.87. The number of carbonyl (C=O) groups excluding carboxylic acids is 1. The van der Waals surface area contributed by atoms with E-state index in [2.05, 4.69) is 39.0 Å². The van der Waals surface area contributed by atoms with Gasteiger partial charge >= 0.3 is 0 Å². The van der Waals surface area contributed by atoms with E-state index >= 15 is 0 Å². The summed E-state index contributed by atoms with van der Waals surface area (Å²) in [4.78, 5) is 18.9. The first kappa shape index (κ1) is 17.0. The highest BCUT2D eigenvalue weighted by atomic mass is 32.1. The van der Waals surface area contributed by atoms with Crippen molar-refractivity contribution in [3.63, 3.8) is 0 Å². The lowest BCUT2D eigenvalue weighted by atomic mass is 9.97. The molecule has 6 heteroatoms. The van der Waals surface area contributed by atoms with Gasteiger partial charge in [-0.25, -0.2) is 4.98 Å². The lowest BCUT2D eigenvalue weighted by Crippen LogP contribution is -2.42.